The van der Waals surface area contributed by atoms with Gasteiger partial charge in [0.2, 0.25) is 10.0 Å². The molecule has 1 aromatic carbocycles. The van der Waals surface area contributed by atoms with Crippen molar-refractivity contribution >= 4 is 31.6 Å². The molecule has 0 amide bonds. The van der Waals surface area contributed by atoms with Crippen molar-refractivity contribution in [1.29, 1.82) is 0 Å². The summed E-state index contributed by atoms with van der Waals surface area (Å²) in [6, 6.07) is 4.06. The van der Waals surface area contributed by atoms with Crippen molar-refractivity contribution < 1.29 is 13.5 Å². The predicted octanol–water partition coefficient (Wildman–Crippen LogP) is 1.08. The van der Waals surface area contributed by atoms with E-state index in [1.807, 2.05) is 0 Å². The molecular formula is C10H15BrN2O3S. The quantitative estimate of drug-likeness (QED) is 0.707. The van der Waals surface area contributed by atoms with Crippen molar-refractivity contribution in [3.05, 3.63) is 22.7 Å². The largest absolute Gasteiger partial charge is 0.399 e. The van der Waals surface area contributed by atoms with Gasteiger partial charge in [0.05, 0.1) is 11.5 Å². The highest BCUT2D eigenvalue weighted by Crippen LogP contribution is 2.24. The van der Waals surface area contributed by atoms with E-state index >= 15 is 0 Å². The summed E-state index contributed by atoms with van der Waals surface area (Å²) in [6.45, 7) is 1.55. The Morgan fingerprint density at radius 3 is 2.71 bits per heavy atom. The van der Waals surface area contributed by atoms with Gasteiger partial charge in [-0.15, -0.1) is 0 Å². The Bertz CT molecular complexity index is 486. The van der Waals surface area contributed by atoms with E-state index in [0.29, 0.717) is 16.6 Å². The number of nitrogens with two attached hydrogens (primary N) is 1. The lowest BCUT2D eigenvalue weighted by molar-refractivity contribution is 0.254. The van der Waals surface area contributed by atoms with Crippen LogP contribution in [0.2, 0.25) is 0 Å². The van der Waals surface area contributed by atoms with Gasteiger partial charge < -0.3 is 10.8 Å². The van der Waals surface area contributed by atoms with Crippen LogP contribution in [0.25, 0.3) is 0 Å². The van der Waals surface area contributed by atoms with Gasteiger partial charge in [0.25, 0.3) is 0 Å². The summed E-state index contributed by atoms with van der Waals surface area (Å²) in [5.41, 5.74) is 5.92. The van der Waals surface area contributed by atoms with Gasteiger partial charge in [0.15, 0.2) is 0 Å². The highest BCUT2D eigenvalue weighted by atomic mass is 79.9. The normalized spacial score (nSPS) is 13.6. The Morgan fingerprint density at radius 2 is 2.18 bits per heavy atom. The Kier molecular flexibility index (Phi) is 4.93. The van der Waals surface area contributed by atoms with E-state index in [1.165, 1.54) is 6.07 Å². The molecule has 0 saturated heterocycles. The number of hydrogen-bond acceptors (Lipinski definition) is 4. The fourth-order valence-electron chi connectivity index (χ4n) is 1.26. The first-order chi connectivity index (χ1) is 7.90. The molecule has 1 unspecified atom stereocenters. The second-order valence-corrected chi connectivity index (χ2v) is 6.14. The first-order valence-corrected chi connectivity index (χ1v) is 7.36. The van der Waals surface area contributed by atoms with Gasteiger partial charge >= 0.3 is 0 Å². The molecule has 0 aromatic heterocycles. The zero-order chi connectivity index (χ0) is 13.1. The molecule has 5 nitrogen and oxygen atoms in total. The zero-order valence-electron chi connectivity index (χ0n) is 9.35. The highest BCUT2D eigenvalue weighted by Gasteiger charge is 2.21. The van der Waals surface area contributed by atoms with Crippen LogP contribution in [0.15, 0.2) is 27.6 Å². The van der Waals surface area contributed by atoms with E-state index in [0.717, 1.165) is 0 Å². The second kappa shape index (κ2) is 5.81. The van der Waals surface area contributed by atoms with E-state index in [-0.39, 0.29) is 11.5 Å². The van der Waals surface area contributed by atoms with Crippen LogP contribution in [-0.2, 0) is 10.0 Å². The molecule has 17 heavy (non-hydrogen) atoms. The van der Waals surface area contributed by atoms with Crippen molar-refractivity contribution in [2.45, 2.75) is 24.3 Å². The minimum atomic E-state index is -3.67. The van der Waals surface area contributed by atoms with Crippen molar-refractivity contribution in [3.63, 3.8) is 0 Å². The topological polar surface area (TPSA) is 92.4 Å². The average Bonchev–Trinajstić information content (AvgIpc) is 2.29. The number of sulfonamides is 1. The molecule has 0 saturated carbocycles. The number of halogens is 1. The third-order valence-corrected chi connectivity index (χ3v) is 4.79. The lowest BCUT2D eigenvalue weighted by Crippen LogP contribution is -2.37. The summed E-state index contributed by atoms with van der Waals surface area (Å²) in [4.78, 5) is 0.0735. The molecule has 0 radical (unpaired) electrons. The zero-order valence-corrected chi connectivity index (χ0v) is 11.8. The lowest BCUT2D eigenvalue weighted by atomic mass is 10.3. The van der Waals surface area contributed by atoms with Gasteiger partial charge in [0.1, 0.15) is 0 Å². The summed E-state index contributed by atoms with van der Waals surface area (Å²) in [6.07, 6.45) is 0.510. The van der Waals surface area contributed by atoms with Gasteiger partial charge in [-0.25, -0.2) is 13.1 Å². The van der Waals surface area contributed by atoms with E-state index in [9.17, 15) is 8.42 Å². The van der Waals surface area contributed by atoms with Crippen LogP contribution in [0, 0.1) is 0 Å². The molecule has 1 rings (SSSR count). The number of nitrogens with one attached hydrogen (secondary N) is 1. The van der Waals surface area contributed by atoms with Gasteiger partial charge in [0, 0.05) is 16.2 Å². The molecule has 1 aromatic rings. The summed E-state index contributed by atoms with van der Waals surface area (Å²) >= 11 is 3.16. The van der Waals surface area contributed by atoms with Gasteiger partial charge in [-0.3, -0.25) is 0 Å². The van der Waals surface area contributed by atoms with Gasteiger partial charge in [-0.1, -0.05) is 6.92 Å². The van der Waals surface area contributed by atoms with Crippen molar-refractivity contribution in [3.8, 4) is 0 Å². The Labute approximate surface area is 109 Å². The molecule has 96 valence electrons. The van der Waals surface area contributed by atoms with Crippen LogP contribution in [0.5, 0.6) is 0 Å². The minimum absolute atomic E-state index is 0.0735. The number of aliphatic hydroxyl groups is 1. The average molecular weight is 323 g/mol. The first kappa shape index (κ1) is 14.4. The van der Waals surface area contributed by atoms with E-state index in [1.54, 1.807) is 19.1 Å². The summed E-state index contributed by atoms with van der Waals surface area (Å²) < 4.78 is 26.9. The summed E-state index contributed by atoms with van der Waals surface area (Å²) in [5, 5.41) is 9.00. The Balaban J connectivity index is 3.09. The second-order valence-electron chi connectivity index (χ2n) is 3.60. The molecular weight excluding hydrogens is 308 g/mol. The summed E-state index contributed by atoms with van der Waals surface area (Å²) in [7, 11) is -3.67. The van der Waals surface area contributed by atoms with E-state index in [4.69, 9.17) is 10.8 Å². The Hall–Kier alpha value is -0.630. The summed E-state index contributed by atoms with van der Waals surface area (Å²) in [5.74, 6) is 0. The first-order valence-electron chi connectivity index (χ1n) is 5.09. The third-order valence-electron chi connectivity index (χ3n) is 2.28. The highest BCUT2D eigenvalue weighted by molar-refractivity contribution is 9.10. The molecule has 0 heterocycles. The monoisotopic (exact) mass is 322 g/mol. The van der Waals surface area contributed by atoms with Crippen molar-refractivity contribution in [1.82, 2.24) is 4.72 Å². The number of aliphatic hydroxyl groups excluding tert-OH is 1. The molecule has 0 aliphatic carbocycles. The number of rotatable bonds is 5. The lowest BCUT2D eigenvalue weighted by Gasteiger charge is -2.15. The maximum absolute atomic E-state index is 12.0. The number of hydrogen-bond donors (Lipinski definition) is 3. The molecule has 7 heteroatoms. The number of nitrogen functional groups attached to an aromatic ring is 1. The van der Waals surface area contributed by atoms with E-state index < -0.39 is 16.1 Å². The van der Waals surface area contributed by atoms with Crippen molar-refractivity contribution in [2.24, 2.45) is 0 Å². The van der Waals surface area contributed by atoms with Crippen LogP contribution in [0.3, 0.4) is 0 Å². The fraction of sp³-hybridized carbons (Fsp3) is 0.400. The van der Waals surface area contributed by atoms with Gasteiger partial charge in [-0.05, 0) is 40.5 Å². The van der Waals surface area contributed by atoms with Crippen LogP contribution in [0.1, 0.15) is 13.3 Å². The van der Waals surface area contributed by atoms with Crippen LogP contribution in [0.4, 0.5) is 5.69 Å². The molecule has 0 aliphatic heterocycles. The van der Waals surface area contributed by atoms with Gasteiger partial charge in [-0.2, -0.15) is 0 Å². The molecule has 0 spiro atoms. The van der Waals surface area contributed by atoms with E-state index in [2.05, 4.69) is 20.7 Å². The smallest absolute Gasteiger partial charge is 0.242 e. The maximum Gasteiger partial charge on any atom is 0.242 e. The number of anilines is 1. The van der Waals surface area contributed by atoms with Crippen molar-refractivity contribution in [2.75, 3.05) is 12.3 Å². The molecule has 0 fully saturated rings. The SMILES string of the molecule is CCC(CO)NS(=O)(=O)c1cc(N)ccc1Br. The number of benzene rings is 1. The predicted molar refractivity (Wildman–Crippen MR) is 70.0 cm³/mol. The standard InChI is InChI=1S/C10H15BrN2O3S/c1-2-8(6-14)13-17(15,16)10-5-7(12)3-4-9(10)11/h3-5,8,13-14H,2,6,12H2,1H3. The van der Waals surface area contributed by atoms with Crippen LogP contribution < -0.4 is 10.5 Å². The molecule has 1 atom stereocenters. The fourth-order valence-corrected chi connectivity index (χ4v) is 3.57. The minimum Gasteiger partial charge on any atom is -0.399 e. The maximum atomic E-state index is 12.0. The third kappa shape index (κ3) is 3.67. The molecule has 0 bridgehead atoms. The Morgan fingerprint density at radius 1 is 1.53 bits per heavy atom. The van der Waals surface area contributed by atoms with Crippen LogP contribution >= 0.6 is 15.9 Å². The molecule has 4 N–H and O–H groups in total. The van der Waals surface area contributed by atoms with Crippen LogP contribution in [-0.4, -0.2) is 26.2 Å². The molecule has 0 aliphatic rings.